The molecule has 0 atom stereocenters. The highest BCUT2D eigenvalue weighted by Gasteiger charge is 2.19. The van der Waals surface area contributed by atoms with E-state index in [0.29, 0.717) is 0 Å². The second kappa shape index (κ2) is 6.16. The Hall–Kier alpha value is -1.76. The van der Waals surface area contributed by atoms with Crippen LogP contribution in [0.1, 0.15) is 47.6 Å². The van der Waals surface area contributed by atoms with Crippen molar-refractivity contribution in [2.75, 3.05) is 7.11 Å². The van der Waals surface area contributed by atoms with Gasteiger partial charge in [0.05, 0.1) is 7.11 Å². The maximum atomic E-state index is 5.72. The zero-order valence-corrected chi connectivity index (χ0v) is 14.3. The monoisotopic (exact) mass is 294 g/mol. The summed E-state index contributed by atoms with van der Waals surface area (Å²) in [4.78, 5) is 0. The van der Waals surface area contributed by atoms with E-state index in [-0.39, 0.29) is 0 Å². The van der Waals surface area contributed by atoms with Crippen molar-refractivity contribution in [3.8, 4) is 16.9 Å². The van der Waals surface area contributed by atoms with Gasteiger partial charge >= 0.3 is 0 Å². The lowest BCUT2D eigenvalue weighted by Gasteiger charge is -2.19. The number of rotatable bonds is 4. The van der Waals surface area contributed by atoms with Gasteiger partial charge in [0, 0.05) is 5.56 Å². The fraction of sp³-hybridized carbons (Fsp3) is 0.429. The normalized spacial score (nSPS) is 13.3. The average molecular weight is 294 g/mol. The summed E-state index contributed by atoms with van der Waals surface area (Å²) in [5.41, 5.74) is 9.96. The third-order valence-electron chi connectivity index (χ3n) is 4.94. The molecule has 1 heteroatoms. The molecule has 0 bridgehead atoms. The Morgan fingerprint density at radius 3 is 2.41 bits per heavy atom. The van der Waals surface area contributed by atoms with Crippen LogP contribution >= 0.6 is 0 Å². The van der Waals surface area contributed by atoms with Gasteiger partial charge in [0.15, 0.2) is 0 Å². The molecule has 0 N–H and O–H groups in total. The molecule has 22 heavy (non-hydrogen) atoms. The fourth-order valence-corrected chi connectivity index (χ4v) is 3.78. The summed E-state index contributed by atoms with van der Waals surface area (Å²) in [5, 5.41) is 0. The molecule has 0 spiro atoms. The van der Waals surface area contributed by atoms with Crippen molar-refractivity contribution >= 4 is 0 Å². The third kappa shape index (κ3) is 2.54. The zero-order chi connectivity index (χ0) is 15.7. The molecule has 3 rings (SSSR count). The molecule has 0 aliphatic heterocycles. The smallest absolute Gasteiger partial charge is 0.126 e. The molecule has 0 aromatic heterocycles. The number of methoxy groups -OCH3 is 1. The molecule has 0 amide bonds. The molecule has 1 nitrogen and oxygen atoms in total. The quantitative estimate of drug-likeness (QED) is 0.731. The van der Waals surface area contributed by atoms with Gasteiger partial charge in [-0.1, -0.05) is 31.5 Å². The van der Waals surface area contributed by atoms with Crippen LogP contribution in [0.25, 0.3) is 11.1 Å². The van der Waals surface area contributed by atoms with E-state index in [1.54, 1.807) is 12.7 Å². The van der Waals surface area contributed by atoms with Crippen LogP contribution in [0.5, 0.6) is 5.75 Å². The van der Waals surface area contributed by atoms with Crippen LogP contribution in [0.15, 0.2) is 24.3 Å². The number of benzene rings is 2. The van der Waals surface area contributed by atoms with E-state index in [0.717, 1.165) is 18.6 Å². The SMILES string of the molecule is CCCc1c(C)ccc(OC)c1-c1cc2c(cc1C)CCC2. The van der Waals surface area contributed by atoms with Crippen molar-refractivity contribution in [3.63, 3.8) is 0 Å². The van der Waals surface area contributed by atoms with Crippen LogP contribution in [0.2, 0.25) is 0 Å². The van der Waals surface area contributed by atoms with Crippen molar-refractivity contribution in [1.29, 1.82) is 0 Å². The Morgan fingerprint density at radius 1 is 1.00 bits per heavy atom. The van der Waals surface area contributed by atoms with Gasteiger partial charge in [-0.25, -0.2) is 0 Å². The van der Waals surface area contributed by atoms with Gasteiger partial charge in [-0.3, -0.25) is 0 Å². The van der Waals surface area contributed by atoms with Crippen molar-refractivity contribution in [2.24, 2.45) is 0 Å². The number of hydrogen-bond acceptors (Lipinski definition) is 1. The molecule has 1 aliphatic carbocycles. The molecule has 116 valence electrons. The Balaban J connectivity index is 2.25. The zero-order valence-electron chi connectivity index (χ0n) is 14.3. The highest BCUT2D eigenvalue weighted by Crippen LogP contribution is 2.40. The van der Waals surface area contributed by atoms with Crippen LogP contribution in [-0.4, -0.2) is 7.11 Å². The summed E-state index contributed by atoms with van der Waals surface area (Å²) in [7, 11) is 1.78. The first-order chi connectivity index (χ1) is 10.7. The molecule has 0 saturated heterocycles. The molecule has 0 fully saturated rings. The van der Waals surface area contributed by atoms with Crippen molar-refractivity contribution in [2.45, 2.75) is 52.9 Å². The van der Waals surface area contributed by atoms with Gasteiger partial charge in [-0.15, -0.1) is 0 Å². The van der Waals surface area contributed by atoms with Crippen LogP contribution in [0.3, 0.4) is 0 Å². The molecule has 0 saturated carbocycles. The van der Waals surface area contributed by atoms with E-state index < -0.39 is 0 Å². The van der Waals surface area contributed by atoms with Crippen LogP contribution in [-0.2, 0) is 19.3 Å². The maximum Gasteiger partial charge on any atom is 0.126 e. The molecule has 2 aromatic carbocycles. The Bertz CT molecular complexity index is 698. The topological polar surface area (TPSA) is 9.23 Å². The third-order valence-corrected chi connectivity index (χ3v) is 4.94. The van der Waals surface area contributed by atoms with E-state index in [9.17, 15) is 0 Å². The summed E-state index contributed by atoms with van der Waals surface area (Å²) >= 11 is 0. The van der Waals surface area contributed by atoms with Crippen molar-refractivity contribution < 1.29 is 4.74 Å². The molecule has 0 heterocycles. The van der Waals surface area contributed by atoms with Gasteiger partial charge in [-0.2, -0.15) is 0 Å². The van der Waals surface area contributed by atoms with Crippen molar-refractivity contribution in [3.05, 3.63) is 52.1 Å². The first-order valence-electron chi connectivity index (χ1n) is 8.45. The molecule has 0 radical (unpaired) electrons. The summed E-state index contributed by atoms with van der Waals surface area (Å²) < 4.78 is 5.72. The number of fused-ring (bicyclic) bond motifs is 1. The van der Waals surface area contributed by atoms with E-state index in [1.807, 2.05) is 0 Å². The minimum atomic E-state index is 1.01. The number of hydrogen-bond donors (Lipinski definition) is 0. The lowest BCUT2D eigenvalue weighted by molar-refractivity contribution is 0.416. The number of aryl methyl sites for hydroxylation is 4. The van der Waals surface area contributed by atoms with Gasteiger partial charge in [0.25, 0.3) is 0 Å². The van der Waals surface area contributed by atoms with Crippen LogP contribution in [0.4, 0.5) is 0 Å². The van der Waals surface area contributed by atoms with Gasteiger partial charge < -0.3 is 4.74 Å². The van der Waals surface area contributed by atoms with Crippen molar-refractivity contribution in [1.82, 2.24) is 0 Å². The highest BCUT2D eigenvalue weighted by atomic mass is 16.5. The molecule has 0 unspecified atom stereocenters. The first-order valence-corrected chi connectivity index (χ1v) is 8.45. The lowest BCUT2D eigenvalue weighted by atomic mass is 9.88. The maximum absolute atomic E-state index is 5.72. The van der Waals surface area contributed by atoms with Gasteiger partial charge in [-0.05, 0) is 79.0 Å². The highest BCUT2D eigenvalue weighted by molar-refractivity contribution is 5.78. The average Bonchev–Trinajstić information content (AvgIpc) is 2.95. The Morgan fingerprint density at radius 2 is 1.73 bits per heavy atom. The Labute approximate surface area is 134 Å². The molecular weight excluding hydrogens is 268 g/mol. The fourth-order valence-electron chi connectivity index (χ4n) is 3.78. The van der Waals surface area contributed by atoms with Crippen LogP contribution < -0.4 is 4.74 Å². The van der Waals surface area contributed by atoms with Crippen LogP contribution in [0, 0.1) is 13.8 Å². The largest absolute Gasteiger partial charge is 0.496 e. The van der Waals surface area contributed by atoms with E-state index in [1.165, 1.54) is 52.6 Å². The molecular formula is C21H26O. The predicted molar refractivity (Wildman–Crippen MR) is 93.9 cm³/mol. The molecule has 1 aliphatic rings. The standard InChI is InChI=1S/C21H26O/c1-5-7-18-14(2)10-11-20(22-4)21(18)19-13-17-9-6-8-16(17)12-15(19)3/h10-13H,5-9H2,1-4H3. The minimum Gasteiger partial charge on any atom is -0.496 e. The summed E-state index contributed by atoms with van der Waals surface area (Å²) in [6.45, 7) is 6.71. The minimum absolute atomic E-state index is 1.01. The number of ether oxygens (including phenoxy) is 1. The van der Waals surface area contributed by atoms with E-state index in [4.69, 9.17) is 4.74 Å². The first kappa shape index (κ1) is 15.1. The van der Waals surface area contributed by atoms with Gasteiger partial charge in [0.1, 0.15) is 5.75 Å². The predicted octanol–water partition coefficient (Wildman–Crippen LogP) is 5.42. The van der Waals surface area contributed by atoms with E-state index >= 15 is 0 Å². The summed E-state index contributed by atoms with van der Waals surface area (Å²) in [5.74, 6) is 1.01. The van der Waals surface area contributed by atoms with Gasteiger partial charge in [0.2, 0.25) is 0 Å². The summed E-state index contributed by atoms with van der Waals surface area (Å²) in [6.07, 6.45) is 6.02. The lowest BCUT2D eigenvalue weighted by Crippen LogP contribution is -2.00. The van der Waals surface area contributed by atoms with E-state index in [2.05, 4.69) is 45.0 Å². The Kier molecular flexibility index (Phi) is 4.24. The summed E-state index contributed by atoms with van der Waals surface area (Å²) in [6, 6.07) is 9.13. The second-order valence-electron chi connectivity index (χ2n) is 6.48. The molecule has 2 aromatic rings. The second-order valence-corrected chi connectivity index (χ2v) is 6.48.